The van der Waals surface area contributed by atoms with Gasteiger partial charge in [0.1, 0.15) is 16.9 Å². The number of carbonyl (C=O) groups is 2. The third-order valence-electron chi connectivity index (χ3n) is 7.63. The van der Waals surface area contributed by atoms with Crippen LogP contribution in [-0.4, -0.2) is 46.4 Å². The van der Waals surface area contributed by atoms with Gasteiger partial charge < -0.3 is 15.4 Å². The molecule has 0 radical (unpaired) electrons. The SMILES string of the molecule is C=N/C(=C\C(=C(C)C)c1cc(F)c2nn(C)c(C(C)C)c2c1)NC(=O)[C@H]1CCC[C@@H](NC(=O)c2cccnc2OC)C1. The van der Waals surface area contributed by atoms with E-state index in [1.165, 1.54) is 13.2 Å². The molecule has 0 bridgehead atoms. The van der Waals surface area contributed by atoms with E-state index in [2.05, 4.69) is 46.3 Å². The minimum atomic E-state index is -0.409. The number of amides is 2. The lowest BCUT2D eigenvalue weighted by Crippen LogP contribution is -2.42. The van der Waals surface area contributed by atoms with Gasteiger partial charge in [-0.25, -0.2) is 14.4 Å². The fourth-order valence-corrected chi connectivity index (χ4v) is 5.67. The number of fused-ring (bicyclic) bond motifs is 1. The van der Waals surface area contributed by atoms with E-state index in [9.17, 15) is 9.59 Å². The van der Waals surface area contributed by atoms with Gasteiger partial charge in [-0.1, -0.05) is 25.8 Å². The molecule has 2 amide bonds. The highest BCUT2D eigenvalue weighted by Crippen LogP contribution is 2.32. The second-order valence-corrected chi connectivity index (χ2v) is 11.2. The lowest BCUT2D eigenvalue weighted by molar-refractivity contribution is -0.125. The van der Waals surface area contributed by atoms with Crippen LogP contribution in [0.2, 0.25) is 0 Å². The highest BCUT2D eigenvalue weighted by atomic mass is 19.1. The van der Waals surface area contributed by atoms with Crippen molar-refractivity contribution in [3.05, 3.63) is 70.6 Å². The van der Waals surface area contributed by atoms with Crippen molar-refractivity contribution in [1.82, 2.24) is 25.4 Å². The van der Waals surface area contributed by atoms with Crippen molar-refractivity contribution in [2.24, 2.45) is 18.0 Å². The summed E-state index contributed by atoms with van der Waals surface area (Å²) in [6.45, 7) is 11.6. The van der Waals surface area contributed by atoms with Gasteiger partial charge in [-0.3, -0.25) is 14.3 Å². The molecule has 10 heteroatoms. The average Bonchev–Trinajstić information content (AvgIpc) is 3.31. The summed E-state index contributed by atoms with van der Waals surface area (Å²) < 4.78 is 22.1. The summed E-state index contributed by atoms with van der Waals surface area (Å²) in [5, 5.41) is 11.1. The Bertz CT molecular complexity index is 1570. The molecule has 0 spiro atoms. The molecule has 2 aromatic heterocycles. The topological polar surface area (TPSA) is 110 Å². The highest BCUT2D eigenvalue weighted by Gasteiger charge is 2.29. The quantitative estimate of drug-likeness (QED) is 0.252. The van der Waals surface area contributed by atoms with Gasteiger partial charge in [0.2, 0.25) is 11.8 Å². The van der Waals surface area contributed by atoms with Gasteiger partial charge in [0.15, 0.2) is 5.82 Å². The molecule has 0 saturated heterocycles. The molecule has 3 aromatic rings. The van der Waals surface area contributed by atoms with Gasteiger partial charge >= 0.3 is 0 Å². The van der Waals surface area contributed by atoms with Gasteiger partial charge in [-0.15, -0.1) is 0 Å². The smallest absolute Gasteiger partial charge is 0.256 e. The van der Waals surface area contributed by atoms with E-state index in [1.54, 1.807) is 29.1 Å². The molecule has 9 nitrogen and oxygen atoms in total. The number of aryl methyl sites for hydroxylation is 1. The normalized spacial score (nSPS) is 17.2. The number of ether oxygens (including phenoxy) is 1. The maximum Gasteiger partial charge on any atom is 0.256 e. The predicted octanol–water partition coefficient (Wildman–Crippen LogP) is 5.68. The maximum atomic E-state index is 15.2. The molecule has 222 valence electrons. The molecule has 42 heavy (non-hydrogen) atoms. The lowest BCUT2D eigenvalue weighted by atomic mass is 9.85. The van der Waals surface area contributed by atoms with E-state index < -0.39 is 5.82 Å². The second-order valence-electron chi connectivity index (χ2n) is 11.2. The number of nitrogens with zero attached hydrogens (tertiary/aromatic N) is 4. The van der Waals surface area contributed by atoms with Crippen LogP contribution in [0.15, 0.2) is 52.9 Å². The summed E-state index contributed by atoms with van der Waals surface area (Å²) >= 11 is 0. The second kappa shape index (κ2) is 13.1. The van der Waals surface area contributed by atoms with Crippen molar-refractivity contribution >= 4 is 35.0 Å². The molecule has 1 fully saturated rings. The predicted molar refractivity (Wildman–Crippen MR) is 163 cm³/mol. The Morgan fingerprint density at radius 1 is 1.26 bits per heavy atom. The first-order valence-corrected chi connectivity index (χ1v) is 14.2. The van der Waals surface area contributed by atoms with Crippen molar-refractivity contribution < 1.29 is 18.7 Å². The van der Waals surface area contributed by atoms with Gasteiger partial charge in [-0.05, 0) is 87.2 Å². The van der Waals surface area contributed by atoms with Crippen LogP contribution in [0.3, 0.4) is 0 Å². The number of aliphatic imine (C=N–C) groups is 1. The summed E-state index contributed by atoms with van der Waals surface area (Å²) in [6, 6.07) is 6.57. The number of nitrogens with one attached hydrogen (secondary N) is 2. The minimum absolute atomic E-state index is 0.153. The van der Waals surface area contributed by atoms with Crippen LogP contribution in [0.5, 0.6) is 5.88 Å². The van der Waals surface area contributed by atoms with E-state index in [0.717, 1.165) is 35.1 Å². The van der Waals surface area contributed by atoms with Crippen molar-refractivity contribution in [1.29, 1.82) is 0 Å². The average molecular weight is 575 g/mol. The third kappa shape index (κ3) is 6.58. The largest absolute Gasteiger partial charge is 0.480 e. The monoisotopic (exact) mass is 574 g/mol. The molecule has 1 saturated carbocycles. The molecule has 1 aliphatic carbocycles. The van der Waals surface area contributed by atoms with E-state index in [4.69, 9.17) is 4.74 Å². The summed E-state index contributed by atoms with van der Waals surface area (Å²) in [4.78, 5) is 34.4. The Balaban J connectivity index is 1.52. The molecule has 4 rings (SSSR count). The molecule has 0 unspecified atom stereocenters. The fraction of sp³-hybridized carbons (Fsp3) is 0.406. The molecular weight excluding hydrogens is 535 g/mol. The van der Waals surface area contributed by atoms with Gasteiger partial charge in [0.05, 0.1) is 7.11 Å². The number of halogens is 1. The zero-order valence-corrected chi connectivity index (χ0v) is 25.1. The number of benzene rings is 1. The summed E-state index contributed by atoms with van der Waals surface area (Å²) in [7, 11) is 3.29. The van der Waals surface area contributed by atoms with Crippen LogP contribution in [0.1, 0.15) is 80.9 Å². The van der Waals surface area contributed by atoms with Crippen molar-refractivity contribution in [2.75, 3.05) is 7.11 Å². The first-order valence-electron chi connectivity index (χ1n) is 14.2. The van der Waals surface area contributed by atoms with E-state index in [1.807, 2.05) is 27.0 Å². The number of hydrogen-bond acceptors (Lipinski definition) is 6. The number of methoxy groups -OCH3 is 1. The third-order valence-corrected chi connectivity index (χ3v) is 7.63. The fourth-order valence-electron chi connectivity index (χ4n) is 5.67. The van der Waals surface area contributed by atoms with Gasteiger partial charge in [0.25, 0.3) is 5.91 Å². The Morgan fingerprint density at radius 3 is 2.69 bits per heavy atom. The zero-order valence-electron chi connectivity index (χ0n) is 25.1. The first kappa shape index (κ1) is 30.6. The number of rotatable bonds is 9. The molecule has 0 aliphatic heterocycles. The number of carbonyl (C=O) groups excluding carboxylic acids is 2. The van der Waals surface area contributed by atoms with Crippen molar-refractivity contribution in [3.8, 4) is 5.88 Å². The maximum absolute atomic E-state index is 15.2. The Kier molecular flexibility index (Phi) is 9.55. The number of hydrogen-bond donors (Lipinski definition) is 2. The van der Waals surface area contributed by atoms with E-state index in [-0.39, 0.29) is 41.4 Å². The molecular formula is C32H39FN6O3. The minimum Gasteiger partial charge on any atom is -0.480 e. The van der Waals surface area contributed by atoms with Gasteiger partial charge in [0, 0.05) is 36.3 Å². The standard InChI is InChI=1S/C32H39FN6O3/c1-18(2)24(21-15-25-28(26(33)16-21)38-39(6)29(25)19(3)4)17-27(34-5)37-30(40)20-10-8-11-22(14-20)36-31(41)23-12-9-13-35-32(23)42-7/h9,12-13,15-17,19-20,22H,5,8,10-11,14H2,1-4,6-7H3,(H,36,41)(H,37,40)/b27-17+/t20-,22+/m0/s1. The Labute approximate surface area is 246 Å². The zero-order chi connectivity index (χ0) is 30.6. The van der Waals surface area contributed by atoms with E-state index >= 15 is 4.39 Å². The van der Waals surface area contributed by atoms with Crippen LogP contribution >= 0.6 is 0 Å². The van der Waals surface area contributed by atoms with E-state index in [0.29, 0.717) is 29.5 Å². The van der Waals surface area contributed by atoms with Crippen molar-refractivity contribution in [3.63, 3.8) is 0 Å². The number of aromatic nitrogens is 3. The molecule has 2 N–H and O–H groups in total. The number of allylic oxidation sites excluding steroid dienone is 3. The summed E-state index contributed by atoms with van der Waals surface area (Å²) in [5.41, 5.74) is 3.94. The lowest BCUT2D eigenvalue weighted by Gasteiger charge is -2.29. The molecule has 1 aromatic carbocycles. The van der Waals surface area contributed by atoms with Crippen LogP contribution < -0.4 is 15.4 Å². The van der Waals surface area contributed by atoms with Crippen LogP contribution in [0, 0.1) is 11.7 Å². The molecule has 2 heterocycles. The Morgan fingerprint density at radius 2 is 2.02 bits per heavy atom. The van der Waals surface area contributed by atoms with Crippen molar-refractivity contribution in [2.45, 2.75) is 65.3 Å². The molecule has 2 atom stereocenters. The van der Waals surface area contributed by atoms with Crippen LogP contribution in [0.25, 0.3) is 16.5 Å². The van der Waals surface area contributed by atoms with Crippen LogP contribution in [0.4, 0.5) is 4.39 Å². The molecule has 1 aliphatic rings. The highest BCUT2D eigenvalue weighted by molar-refractivity contribution is 5.96. The van der Waals surface area contributed by atoms with Gasteiger partial charge in [-0.2, -0.15) is 5.10 Å². The summed E-state index contributed by atoms with van der Waals surface area (Å²) in [6.07, 6.45) is 6.02. The summed E-state index contributed by atoms with van der Waals surface area (Å²) in [5.74, 6) is -0.531. The Hall–Kier alpha value is -4.34. The number of pyridine rings is 1. The first-order chi connectivity index (χ1) is 20.0. The van der Waals surface area contributed by atoms with Crippen LogP contribution in [-0.2, 0) is 11.8 Å².